The zero-order valence-corrected chi connectivity index (χ0v) is 12.6. The van der Waals surface area contributed by atoms with Crippen LogP contribution in [-0.4, -0.2) is 43.5 Å². The van der Waals surface area contributed by atoms with Crippen molar-refractivity contribution in [2.45, 2.75) is 50.5 Å². The van der Waals surface area contributed by atoms with Crippen LogP contribution >= 0.6 is 0 Å². The van der Waals surface area contributed by atoms with Crippen molar-refractivity contribution in [3.05, 3.63) is 0 Å². The van der Waals surface area contributed by atoms with Gasteiger partial charge in [-0.05, 0) is 12.8 Å². The lowest BCUT2D eigenvalue weighted by Gasteiger charge is -2.33. The SMILES string of the molecule is O=C(CCNC(=O)OCC(F)(F)F)N[C@@H]1CCCC[C@H]1C(F)(F)F. The molecule has 2 atom stereocenters. The molecule has 0 aromatic heterocycles. The third-order valence-electron chi connectivity index (χ3n) is 3.52. The van der Waals surface area contributed by atoms with Gasteiger partial charge in [0.25, 0.3) is 0 Å². The van der Waals surface area contributed by atoms with Crippen molar-refractivity contribution in [2.24, 2.45) is 5.92 Å². The van der Waals surface area contributed by atoms with E-state index in [0.717, 1.165) is 0 Å². The van der Waals surface area contributed by atoms with Gasteiger partial charge in [-0.3, -0.25) is 4.79 Å². The molecule has 11 heteroatoms. The average molecular weight is 364 g/mol. The first kappa shape index (κ1) is 20.4. The highest BCUT2D eigenvalue weighted by Gasteiger charge is 2.45. The summed E-state index contributed by atoms with van der Waals surface area (Å²) < 4.78 is 77.8. The molecule has 2 N–H and O–H groups in total. The number of halogens is 6. The van der Waals surface area contributed by atoms with Crippen LogP contribution in [0.5, 0.6) is 0 Å². The first-order valence-corrected chi connectivity index (χ1v) is 7.32. The fourth-order valence-electron chi connectivity index (χ4n) is 2.45. The van der Waals surface area contributed by atoms with Gasteiger partial charge in [0.05, 0.1) is 5.92 Å². The Labute approximate surface area is 134 Å². The van der Waals surface area contributed by atoms with Crippen LogP contribution in [0.4, 0.5) is 31.1 Å². The number of hydrogen-bond acceptors (Lipinski definition) is 3. The first-order valence-electron chi connectivity index (χ1n) is 7.32. The van der Waals surface area contributed by atoms with Crippen LogP contribution in [0.2, 0.25) is 0 Å². The second-order valence-electron chi connectivity index (χ2n) is 5.47. The molecule has 1 fully saturated rings. The molecule has 0 aromatic rings. The van der Waals surface area contributed by atoms with E-state index in [1.54, 1.807) is 0 Å². The van der Waals surface area contributed by atoms with Gasteiger partial charge in [0.15, 0.2) is 6.61 Å². The molecule has 1 rings (SSSR count). The van der Waals surface area contributed by atoms with Gasteiger partial charge in [0.1, 0.15) is 0 Å². The molecule has 2 amide bonds. The van der Waals surface area contributed by atoms with Crippen LogP contribution in [-0.2, 0) is 9.53 Å². The third-order valence-corrected chi connectivity index (χ3v) is 3.52. The number of ether oxygens (including phenoxy) is 1. The predicted octanol–water partition coefficient (Wildman–Crippen LogP) is 2.90. The van der Waals surface area contributed by atoms with Crippen LogP contribution in [0.1, 0.15) is 32.1 Å². The fourth-order valence-corrected chi connectivity index (χ4v) is 2.45. The van der Waals surface area contributed by atoms with E-state index in [9.17, 15) is 35.9 Å². The van der Waals surface area contributed by atoms with Crippen LogP contribution in [0.25, 0.3) is 0 Å². The molecule has 0 heterocycles. The van der Waals surface area contributed by atoms with E-state index in [2.05, 4.69) is 10.1 Å². The smallest absolute Gasteiger partial charge is 0.422 e. The van der Waals surface area contributed by atoms with Crippen LogP contribution in [0.15, 0.2) is 0 Å². The maximum atomic E-state index is 12.9. The highest BCUT2D eigenvalue weighted by atomic mass is 19.4. The highest BCUT2D eigenvalue weighted by Crippen LogP contribution is 2.37. The third kappa shape index (κ3) is 7.73. The fraction of sp³-hybridized carbons (Fsp3) is 0.846. The lowest BCUT2D eigenvalue weighted by Crippen LogP contribution is -2.48. The molecule has 0 unspecified atom stereocenters. The summed E-state index contributed by atoms with van der Waals surface area (Å²) >= 11 is 0. The molecule has 0 aromatic carbocycles. The summed E-state index contributed by atoms with van der Waals surface area (Å²) in [6, 6.07) is -1.02. The highest BCUT2D eigenvalue weighted by molar-refractivity contribution is 5.77. The second-order valence-corrected chi connectivity index (χ2v) is 5.47. The monoisotopic (exact) mass is 364 g/mol. The van der Waals surface area contributed by atoms with Gasteiger partial charge >= 0.3 is 18.4 Å². The Morgan fingerprint density at radius 3 is 2.25 bits per heavy atom. The number of carbonyl (C=O) groups excluding carboxylic acids is 2. The standard InChI is InChI=1S/C13H18F6N2O3/c14-12(15,16)7-24-11(23)20-6-5-10(22)21-9-4-2-1-3-8(9)13(17,18)19/h8-9H,1-7H2,(H,20,23)(H,21,22)/t8-,9-/m1/s1. The number of hydrogen-bond donors (Lipinski definition) is 2. The van der Waals surface area contributed by atoms with Gasteiger partial charge in [0, 0.05) is 19.0 Å². The van der Waals surface area contributed by atoms with Crippen molar-refractivity contribution in [3.63, 3.8) is 0 Å². The molecule has 0 spiro atoms. The molecule has 0 saturated heterocycles. The van der Waals surface area contributed by atoms with Crippen molar-refractivity contribution in [2.75, 3.05) is 13.2 Å². The Morgan fingerprint density at radius 2 is 1.67 bits per heavy atom. The van der Waals surface area contributed by atoms with Gasteiger partial charge in [-0.15, -0.1) is 0 Å². The van der Waals surface area contributed by atoms with Gasteiger partial charge in [-0.25, -0.2) is 4.79 Å². The van der Waals surface area contributed by atoms with Crippen molar-refractivity contribution in [1.29, 1.82) is 0 Å². The van der Waals surface area contributed by atoms with E-state index < -0.39 is 42.9 Å². The van der Waals surface area contributed by atoms with E-state index in [4.69, 9.17) is 0 Å². The van der Waals surface area contributed by atoms with Gasteiger partial charge in [-0.2, -0.15) is 26.3 Å². The Kier molecular flexibility index (Phi) is 7.15. The number of carbonyl (C=O) groups is 2. The van der Waals surface area contributed by atoms with Crippen molar-refractivity contribution < 1.29 is 40.7 Å². The molecule has 24 heavy (non-hydrogen) atoms. The number of nitrogens with one attached hydrogen (secondary N) is 2. The van der Waals surface area contributed by atoms with Crippen LogP contribution in [0, 0.1) is 5.92 Å². The minimum absolute atomic E-state index is 0.0591. The summed E-state index contributed by atoms with van der Waals surface area (Å²) in [6.45, 7) is -2.10. The minimum Gasteiger partial charge on any atom is -0.440 e. The van der Waals surface area contributed by atoms with Gasteiger partial charge in [-0.1, -0.05) is 12.8 Å². The van der Waals surface area contributed by atoms with Crippen molar-refractivity contribution in [3.8, 4) is 0 Å². The van der Waals surface area contributed by atoms with Crippen molar-refractivity contribution >= 4 is 12.0 Å². The Morgan fingerprint density at radius 1 is 1.04 bits per heavy atom. The van der Waals surface area contributed by atoms with E-state index >= 15 is 0 Å². The van der Waals surface area contributed by atoms with Crippen LogP contribution < -0.4 is 10.6 Å². The summed E-state index contributed by atoms with van der Waals surface area (Å²) in [4.78, 5) is 22.6. The molecule has 1 aliphatic carbocycles. The van der Waals surface area contributed by atoms with E-state index in [-0.39, 0.29) is 25.8 Å². The molecule has 1 aliphatic rings. The van der Waals surface area contributed by atoms with Gasteiger partial charge < -0.3 is 15.4 Å². The predicted molar refractivity (Wildman–Crippen MR) is 70.0 cm³/mol. The maximum Gasteiger partial charge on any atom is 0.422 e. The summed E-state index contributed by atoms with van der Waals surface area (Å²) in [6.07, 6.45) is -9.63. The summed E-state index contributed by atoms with van der Waals surface area (Å²) in [5, 5.41) is 4.20. The molecule has 5 nitrogen and oxygen atoms in total. The number of alkyl halides is 6. The molecule has 0 aliphatic heterocycles. The molecule has 140 valence electrons. The van der Waals surface area contributed by atoms with E-state index in [1.165, 1.54) is 0 Å². The average Bonchev–Trinajstić information content (AvgIpc) is 2.44. The summed E-state index contributed by atoms with van der Waals surface area (Å²) in [5.41, 5.74) is 0. The number of alkyl carbamates (subject to hydrolysis) is 1. The lowest BCUT2D eigenvalue weighted by molar-refractivity contribution is -0.189. The molecule has 0 radical (unpaired) electrons. The molecule has 1 saturated carbocycles. The Hall–Kier alpha value is -1.68. The largest absolute Gasteiger partial charge is 0.440 e. The number of rotatable bonds is 5. The quantitative estimate of drug-likeness (QED) is 0.737. The van der Waals surface area contributed by atoms with Gasteiger partial charge in [0.2, 0.25) is 5.91 Å². The summed E-state index contributed by atoms with van der Waals surface area (Å²) in [7, 11) is 0. The Bertz CT molecular complexity index is 438. The molecule has 0 bridgehead atoms. The minimum atomic E-state index is -4.66. The molecular formula is C13H18F6N2O3. The molecular weight excluding hydrogens is 346 g/mol. The van der Waals surface area contributed by atoms with Crippen LogP contribution in [0.3, 0.4) is 0 Å². The van der Waals surface area contributed by atoms with E-state index in [1.807, 2.05) is 5.32 Å². The Balaban J connectivity index is 2.31. The second kappa shape index (κ2) is 8.43. The van der Waals surface area contributed by atoms with Crippen molar-refractivity contribution in [1.82, 2.24) is 10.6 Å². The summed E-state index contributed by atoms with van der Waals surface area (Å²) in [5.74, 6) is -2.33. The van der Waals surface area contributed by atoms with E-state index in [0.29, 0.717) is 12.8 Å². The first-order chi connectivity index (χ1) is 11.0. The topological polar surface area (TPSA) is 67.4 Å². The number of amides is 2. The zero-order valence-electron chi connectivity index (χ0n) is 12.6. The zero-order chi connectivity index (χ0) is 18.4. The lowest BCUT2D eigenvalue weighted by atomic mass is 9.84. The maximum absolute atomic E-state index is 12.9. The normalized spacial score (nSPS) is 21.9.